The van der Waals surface area contributed by atoms with Crippen molar-refractivity contribution in [3.8, 4) is 22.6 Å². The minimum Gasteiger partial charge on any atom is -0.403 e. The third kappa shape index (κ3) is 4.56. The summed E-state index contributed by atoms with van der Waals surface area (Å²) in [6, 6.07) is 24.6. The maximum Gasteiger partial charge on any atom is 0.320 e. The van der Waals surface area contributed by atoms with Crippen LogP contribution in [0.5, 0.6) is 0 Å². The molecule has 3 N–H and O–H groups in total. The number of anilines is 2. The first-order valence-electron chi connectivity index (χ1n) is 9.91. The average Bonchev–Trinajstić information content (AvgIpc) is 3.24. The van der Waals surface area contributed by atoms with Crippen LogP contribution in [0, 0.1) is 6.92 Å². The Kier molecular flexibility index (Phi) is 6.17. The van der Waals surface area contributed by atoms with Crippen molar-refractivity contribution in [1.29, 1.82) is 0 Å². The Bertz CT molecular complexity index is 1090. The molecule has 152 valence electrons. The second-order valence-corrected chi connectivity index (χ2v) is 6.98. The summed E-state index contributed by atoms with van der Waals surface area (Å²) in [6.45, 7) is 3.49. The molecule has 0 fully saturated rings. The fourth-order valence-corrected chi connectivity index (χ4v) is 3.32. The molecule has 0 atom stereocenters. The minimum absolute atomic E-state index is 0.132. The molecule has 0 radical (unpaired) electrons. The maximum atomic E-state index is 8.83. The second kappa shape index (κ2) is 9.35. The molecule has 0 saturated heterocycles. The van der Waals surface area contributed by atoms with Crippen LogP contribution in [-0.4, -0.2) is 28.5 Å². The van der Waals surface area contributed by atoms with E-state index in [1.54, 1.807) is 0 Å². The van der Waals surface area contributed by atoms with Gasteiger partial charge in [0.15, 0.2) is 0 Å². The lowest BCUT2D eigenvalue weighted by Crippen LogP contribution is -2.17. The van der Waals surface area contributed by atoms with E-state index in [0.717, 1.165) is 33.5 Å². The molecule has 0 bridgehead atoms. The number of aliphatic hydroxyl groups is 1. The zero-order chi connectivity index (χ0) is 20.8. The fourth-order valence-electron chi connectivity index (χ4n) is 3.32. The third-order valence-corrected chi connectivity index (χ3v) is 4.90. The van der Waals surface area contributed by atoms with E-state index in [9.17, 15) is 0 Å². The number of aromatic nitrogens is 2. The number of benzene rings is 3. The molecule has 0 amide bonds. The van der Waals surface area contributed by atoms with E-state index < -0.39 is 0 Å². The lowest BCUT2D eigenvalue weighted by atomic mass is 9.96. The van der Waals surface area contributed by atoms with Crippen molar-refractivity contribution >= 4 is 11.7 Å². The molecule has 6 heteroatoms. The quantitative estimate of drug-likeness (QED) is 0.377. The first-order valence-corrected chi connectivity index (χ1v) is 9.91. The summed E-state index contributed by atoms with van der Waals surface area (Å²) in [7, 11) is 0. The molecule has 0 spiro atoms. The van der Waals surface area contributed by atoms with Gasteiger partial charge in [-0.05, 0) is 47.4 Å². The third-order valence-electron chi connectivity index (χ3n) is 4.90. The number of nitrogens with zero attached hydrogens (tertiary/aromatic N) is 2. The molecule has 6 nitrogen and oxygen atoms in total. The molecule has 0 aliphatic heterocycles. The van der Waals surface area contributed by atoms with Crippen molar-refractivity contribution in [2.75, 3.05) is 18.5 Å². The van der Waals surface area contributed by atoms with Crippen LogP contribution in [0.3, 0.4) is 0 Å². The van der Waals surface area contributed by atoms with Crippen LogP contribution >= 0.6 is 0 Å². The van der Waals surface area contributed by atoms with Gasteiger partial charge in [-0.3, -0.25) is 0 Å². The van der Waals surface area contributed by atoms with Crippen LogP contribution in [0.15, 0.2) is 77.2 Å². The minimum atomic E-state index is 0.132. The molecular weight excluding hydrogens is 376 g/mol. The molecule has 4 aromatic rings. The second-order valence-electron chi connectivity index (χ2n) is 6.98. The van der Waals surface area contributed by atoms with Crippen molar-refractivity contribution < 1.29 is 9.52 Å². The zero-order valence-corrected chi connectivity index (χ0v) is 16.8. The summed E-state index contributed by atoms with van der Waals surface area (Å²) in [6.07, 6.45) is 0. The predicted octanol–water partition coefficient (Wildman–Crippen LogP) is 4.54. The van der Waals surface area contributed by atoms with Crippen LogP contribution < -0.4 is 10.6 Å². The van der Waals surface area contributed by atoms with Gasteiger partial charge in [0.05, 0.1) is 6.61 Å². The largest absolute Gasteiger partial charge is 0.403 e. The monoisotopic (exact) mass is 400 g/mol. The predicted molar refractivity (Wildman–Crippen MR) is 118 cm³/mol. The highest BCUT2D eigenvalue weighted by Crippen LogP contribution is 2.32. The van der Waals surface area contributed by atoms with Gasteiger partial charge in [0, 0.05) is 24.3 Å². The summed E-state index contributed by atoms with van der Waals surface area (Å²) >= 11 is 0. The highest BCUT2D eigenvalue weighted by atomic mass is 16.4. The molecule has 3 aromatic carbocycles. The van der Waals surface area contributed by atoms with E-state index in [2.05, 4.69) is 46.0 Å². The summed E-state index contributed by atoms with van der Waals surface area (Å²) in [5.74, 6) is 0.484. The van der Waals surface area contributed by atoms with Crippen LogP contribution in [0.25, 0.3) is 22.6 Å². The molecule has 4 rings (SSSR count). The van der Waals surface area contributed by atoms with E-state index in [1.807, 2.05) is 54.6 Å². The van der Waals surface area contributed by atoms with Crippen LogP contribution in [0.2, 0.25) is 0 Å². The Hall–Kier alpha value is -3.48. The van der Waals surface area contributed by atoms with Crippen molar-refractivity contribution in [1.82, 2.24) is 15.5 Å². The van der Waals surface area contributed by atoms with Crippen molar-refractivity contribution in [2.45, 2.75) is 13.5 Å². The van der Waals surface area contributed by atoms with Gasteiger partial charge in [-0.25, -0.2) is 0 Å². The Labute approximate surface area is 175 Å². The fraction of sp³-hybridized carbons (Fsp3) is 0.167. The summed E-state index contributed by atoms with van der Waals surface area (Å²) in [5, 5.41) is 23.5. The molecule has 1 heterocycles. The maximum absolute atomic E-state index is 8.83. The number of rotatable bonds is 8. The van der Waals surface area contributed by atoms with Crippen LogP contribution in [-0.2, 0) is 6.54 Å². The summed E-state index contributed by atoms with van der Waals surface area (Å²) < 4.78 is 5.88. The SMILES string of the molecule is Cc1c(-c2ccccc2)cccc1-c1nnc(Nc2ccc(CNCCO)cc2)o1. The first-order chi connectivity index (χ1) is 14.7. The van der Waals surface area contributed by atoms with Gasteiger partial charge < -0.3 is 20.2 Å². The Morgan fingerprint density at radius 2 is 1.63 bits per heavy atom. The van der Waals surface area contributed by atoms with Gasteiger partial charge in [0.25, 0.3) is 0 Å². The van der Waals surface area contributed by atoms with Gasteiger partial charge in [-0.2, -0.15) is 0 Å². The first kappa shape index (κ1) is 19.8. The molecule has 0 aliphatic carbocycles. The Balaban J connectivity index is 1.50. The molecule has 0 saturated carbocycles. The van der Waals surface area contributed by atoms with Crippen LogP contribution in [0.1, 0.15) is 11.1 Å². The number of aliphatic hydroxyl groups excluding tert-OH is 1. The van der Waals surface area contributed by atoms with Crippen LogP contribution in [0.4, 0.5) is 11.7 Å². The number of hydrogen-bond donors (Lipinski definition) is 3. The standard InChI is InChI=1S/C24H24N4O2/c1-17-21(19-6-3-2-4-7-19)8-5-9-22(17)23-27-28-24(30-23)26-20-12-10-18(11-13-20)16-25-14-15-29/h2-13,25,29H,14-16H2,1H3,(H,26,28). The smallest absolute Gasteiger partial charge is 0.320 e. The molecule has 30 heavy (non-hydrogen) atoms. The molecular formula is C24H24N4O2. The normalized spacial score (nSPS) is 10.9. The van der Waals surface area contributed by atoms with Gasteiger partial charge in [0.1, 0.15) is 0 Å². The molecule has 0 aliphatic rings. The zero-order valence-electron chi connectivity index (χ0n) is 16.8. The summed E-state index contributed by atoms with van der Waals surface area (Å²) in [5.41, 5.74) is 6.31. The van der Waals surface area contributed by atoms with Gasteiger partial charge in [-0.1, -0.05) is 59.7 Å². The average molecular weight is 400 g/mol. The van der Waals surface area contributed by atoms with E-state index in [-0.39, 0.29) is 6.61 Å². The van der Waals surface area contributed by atoms with E-state index in [4.69, 9.17) is 9.52 Å². The van der Waals surface area contributed by atoms with Gasteiger partial charge >= 0.3 is 6.01 Å². The van der Waals surface area contributed by atoms with Gasteiger partial charge in [0.2, 0.25) is 5.89 Å². The van der Waals surface area contributed by atoms with E-state index in [1.165, 1.54) is 0 Å². The Morgan fingerprint density at radius 1 is 0.867 bits per heavy atom. The highest BCUT2D eigenvalue weighted by molar-refractivity contribution is 5.75. The summed E-state index contributed by atoms with van der Waals surface area (Å²) in [4.78, 5) is 0. The van der Waals surface area contributed by atoms with Crippen molar-refractivity contribution in [2.24, 2.45) is 0 Å². The lowest BCUT2D eigenvalue weighted by molar-refractivity contribution is 0.292. The van der Waals surface area contributed by atoms with Crippen molar-refractivity contribution in [3.63, 3.8) is 0 Å². The topological polar surface area (TPSA) is 83.2 Å². The molecule has 0 unspecified atom stereocenters. The highest BCUT2D eigenvalue weighted by Gasteiger charge is 2.14. The lowest BCUT2D eigenvalue weighted by Gasteiger charge is -2.09. The number of nitrogens with one attached hydrogen (secondary N) is 2. The van der Waals surface area contributed by atoms with E-state index >= 15 is 0 Å². The Morgan fingerprint density at radius 3 is 2.40 bits per heavy atom. The molecule has 1 aromatic heterocycles. The number of hydrogen-bond acceptors (Lipinski definition) is 6. The van der Waals surface area contributed by atoms with E-state index in [0.29, 0.717) is 25.0 Å². The van der Waals surface area contributed by atoms with Gasteiger partial charge in [-0.15, -0.1) is 5.10 Å². The van der Waals surface area contributed by atoms with Crippen molar-refractivity contribution in [3.05, 3.63) is 83.9 Å².